The molecule has 1 aliphatic rings. The molecule has 1 atom stereocenters. The Balaban J connectivity index is 2.29. The monoisotopic (exact) mass is 322 g/mol. The second kappa shape index (κ2) is 6.33. The third-order valence-electron chi connectivity index (χ3n) is 4.96. The first-order valence-corrected chi connectivity index (χ1v) is 8.40. The van der Waals surface area contributed by atoms with Gasteiger partial charge in [0.15, 0.2) is 0 Å². The van der Waals surface area contributed by atoms with E-state index in [2.05, 4.69) is 56.4 Å². The van der Waals surface area contributed by atoms with Crippen molar-refractivity contribution in [2.45, 2.75) is 32.7 Å². The van der Waals surface area contributed by atoms with E-state index in [4.69, 9.17) is 10.5 Å². The highest BCUT2D eigenvalue weighted by Crippen LogP contribution is 2.42. The van der Waals surface area contributed by atoms with Crippen molar-refractivity contribution in [3.05, 3.63) is 76.0 Å². The number of fused-ring (bicyclic) bond motifs is 1. The summed E-state index contributed by atoms with van der Waals surface area (Å²) in [4.78, 5) is 0. The summed E-state index contributed by atoms with van der Waals surface area (Å²) in [7, 11) is 1.75. The fourth-order valence-corrected chi connectivity index (χ4v) is 4.11. The highest BCUT2D eigenvalue weighted by molar-refractivity contribution is 5.71. The Morgan fingerprint density at radius 2 is 1.75 bits per heavy atom. The van der Waals surface area contributed by atoms with Crippen LogP contribution >= 0.6 is 0 Å². The second-order valence-electron chi connectivity index (χ2n) is 6.71. The van der Waals surface area contributed by atoms with E-state index < -0.39 is 0 Å². The maximum Gasteiger partial charge on any atom is 0.0909 e. The Bertz CT molecular complexity index is 771. The molecule has 1 aliphatic heterocycles. The number of aryl methyl sites for hydroxylation is 3. The Labute approximate surface area is 144 Å². The minimum Gasteiger partial charge on any atom is -0.397 e. The topological polar surface area (TPSA) is 47.3 Å². The molecule has 0 amide bonds. The smallest absolute Gasteiger partial charge is 0.0909 e. The minimum atomic E-state index is -0.322. The molecule has 3 nitrogen and oxygen atoms in total. The van der Waals surface area contributed by atoms with Crippen molar-refractivity contribution < 1.29 is 4.74 Å². The highest BCUT2D eigenvalue weighted by Gasteiger charge is 2.39. The molecule has 0 radical (unpaired) electrons. The lowest BCUT2D eigenvalue weighted by atomic mass is 9.73. The summed E-state index contributed by atoms with van der Waals surface area (Å²) in [6, 6.07) is 12.9. The van der Waals surface area contributed by atoms with Gasteiger partial charge in [-0.25, -0.2) is 0 Å². The molecule has 2 aromatic carbocycles. The van der Waals surface area contributed by atoms with Gasteiger partial charge in [-0.2, -0.15) is 0 Å². The van der Waals surface area contributed by atoms with Crippen LogP contribution in [0.5, 0.6) is 0 Å². The number of ether oxygens (including phenoxy) is 1. The molecule has 0 aromatic heterocycles. The summed E-state index contributed by atoms with van der Waals surface area (Å²) in [6.45, 7) is 7.19. The predicted molar refractivity (Wildman–Crippen MR) is 99.7 cm³/mol. The maximum atomic E-state index is 6.24. The van der Waals surface area contributed by atoms with E-state index >= 15 is 0 Å². The molecule has 126 valence electrons. The number of hydrogen-bond acceptors (Lipinski definition) is 3. The van der Waals surface area contributed by atoms with Crippen LogP contribution in [0.25, 0.3) is 5.70 Å². The van der Waals surface area contributed by atoms with E-state index in [9.17, 15) is 0 Å². The molecule has 24 heavy (non-hydrogen) atoms. The minimum absolute atomic E-state index is 0.322. The van der Waals surface area contributed by atoms with Gasteiger partial charge in [-0.1, -0.05) is 42.0 Å². The van der Waals surface area contributed by atoms with Crippen LogP contribution in [0.3, 0.4) is 0 Å². The number of hydrogen-bond donors (Lipinski definition) is 2. The third-order valence-corrected chi connectivity index (χ3v) is 4.96. The molecular weight excluding hydrogens is 296 g/mol. The number of methoxy groups -OCH3 is 1. The van der Waals surface area contributed by atoms with Gasteiger partial charge >= 0.3 is 0 Å². The van der Waals surface area contributed by atoms with Gasteiger partial charge in [0.05, 0.1) is 11.2 Å². The zero-order valence-corrected chi connectivity index (χ0v) is 14.9. The quantitative estimate of drug-likeness (QED) is 0.901. The Morgan fingerprint density at radius 3 is 2.42 bits per heavy atom. The fraction of sp³-hybridized carbons (Fsp3) is 0.333. The normalized spacial score (nSPS) is 19.4. The summed E-state index contributed by atoms with van der Waals surface area (Å²) in [6.07, 6.45) is 2.78. The fourth-order valence-electron chi connectivity index (χ4n) is 4.11. The summed E-state index contributed by atoms with van der Waals surface area (Å²) >= 11 is 0. The van der Waals surface area contributed by atoms with Gasteiger partial charge in [-0.15, -0.1) is 0 Å². The van der Waals surface area contributed by atoms with E-state index in [1.807, 2.05) is 12.3 Å². The number of rotatable bonds is 4. The molecule has 1 heterocycles. The molecule has 0 saturated carbocycles. The molecule has 3 rings (SSSR count). The average Bonchev–Trinajstić information content (AvgIpc) is 2.55. The van der Waals surface area contributed by atoms with Crippen LogP contribution in [-0.2, 0) is 10.3 Å². The Morgan fingerprint density at radius 1 is 1.08 bits per heavy atom. The second-order valence-corrected chi connectivity index (χ2v) is 6.71. The van der Waals surface area contributed by atoms with Crippen LogP contribution < -0.4 is 11.1 Å². The molecule has 2 aromatic rings. The van der Waals surface area contributed by atoms with Crippen LogP contribution in [0.4, 0.5) is 0 Å². The summed E-state index contributed by atoms with van der Waals surface area (Å²) in [5, 5.41) is 3.62. The molecular formula is C21H26N2O. The SMILES string of the molecule is COCCC1(c2c(C)cc(C)cc2C)NC=C(N)c2ccccc21. The van der Waals surface area contributed by atoms with Crippen molar-refractivity contribution >= 4 is 5.70 Å². The molecule has 0 saturated heterocycles. The predicted octanol–water partition coefficient (Wildman–Crippen LogP) is 3.75. The van der Waals surface area contributed by atoms with E-state index in [0.29, 0.717) is 6.61 Å². The first-order chi connectivity index (χ1) is 11.5. The molecule has 0 spiro atoms. The van der Waals surface area contributed by atoms with Gasteiger partial charge in [0.2, 0.25) is 0 Å². The molecule has 3 heteroatoms. The van der Waals surface area contributed by atoms with Gasteiger partial charge in [-0.3, -0.25) is 0 Å². The van der Waals surface area contributed by atoms with Crippen LogP contribution in [0.15, 0.2) is 42.6 Å². The van der Waals surface area contributed by atoms with E-state index in [0.717, 1.165) is 17.7 Å². The molecule has 0 bridgehead atoms. The Hall–Kier alpha value is -2.26. The van der Waals surface area contributed by atoms with Gasteiger partial charge < -0.3 is 15.8 Å². The summed E-state index contributed by atoms with van der Waals surface area (Å²) in [5.74, 6) is 0. The van der Waals surface area contributed by atoms with Gasteiger partial charge in [0.25, 0.3) is 0 Å². The van der Waals surface area contributed by atoms with E-state index in [1.165, 1.54) is 27.8 Å². The first kappa shape index (κ1) is 16.6. The van der Waals surface area contributed by atoms with Crippen molar-refractivity contribution in [1.29, 1.82) is 0 Å². The average molecular weight is 322 g/mol. The van der Waals surface area contributed by atoms with Crippen molar-refractivity contribution in [3.63, 3.8) is 0 Å². The molecule has 0 fully saturated rings. The molecule has 1 unspecified atom stereocenters. The van der Waals surface area contributed by atoms with Gasteiger partial charge in [0, 0.05) is 31.9 Å². The number of nitrogens with one attached hydrogen (secondary N) is 1. The Kier molecular flexibility index (Phi) is 4.37. The lowest BCUT2D eigenvalue weighted by Gasteiger charge is -2.42. The lowest BCUT2D eigenvalue weighted by Crippen LogP contribution is -2.46. The zero-order valence-electron chi connectivity index (χ0n) is 14.9. The van der Waals surface area contributed by atoms with Crippen LogP contribution in [0.1, 0.15) is 39.8 Å². The van der Waals surface area contributed by atoms with Gasteiger partial charge in [-0.05, 0) is 43.0 Å². The van der Waals surface area contributed by atoms with Gasteiger partial charge in [0.1, 0.15) is 0 Å². The van der Waals surface area contributed by atoms with Crippen LogP contribution in [0, 0.1) is 20.8 Å². The van der Waals surface area contributed by atoms with Crippen LogP contribution in [-0.4, -0.2) is 13.7 Å². The molecule has 0 aliphatic carbocycles. The van der Waals surface area contributed by atoms with E-state index in [1.54, 1.807) is 7.11 Å². The number of benzene rings is 2. The maximum absolute atomic E-state index is 6.24. The third kappa shape index (κ3) is 2.59. The zero-order chi connectivity index (χ0) is 17.3. The first-order valence-electron chi connectivity index (χ1n) is 8.40. The van der Waals surface area contributed by atoms with E-state index in [-0.39, 0.29) is 5.54 Å². The highest BCUT2D eigenvalue weighted by atomic mass is 16.5. The summed E-state index contributed by atoms with van der Waals surface area (Å²) in [5.41, 5.74) is 14.2. The number of nitrogens with two attached hydrogens (primary N) is 1. The van der Waals surface area contributed by atoms with Crippen molar-refractivity contribution in [2.75, 3.05) is 13.7 Å². The van der Waals surface area contributed by atoms with Crippen molar-refractivity contribution in [3.8, 4) is 0 Å². The lowest BCUT2D eigenvalue weighted by molar-refractivity contribution is 0.169. The largest absolute Gasteiger partial charge is 0.397 e. The van der Waals surface area contributed by atoms with Crippen molar-refractivity contribution in [1.82, 2.24) is 5.32 Å². The van der Waals surface area contributed by atoms with Crippen molar-refractivity contribution in [2.24, 2.45) is 5.73 Å². The molecule has 3 N–H and O–H groups in total. The standard InChI is InChI=1S/C21H26N2O/c1-14-11-15(2)20(16(3)12-14)21(9-10-24-4)18-8-6-5-7-17(18)19(22)13-23-21/h5-8,11-13,23H,9-10,22H2,1-4H3. The summed E-state index contributed by atoms with van der Waals surface area (Å²) < 4.78 is 5.44. The van der Waals surface area contributed by atoms with Crippen LogP contribution in [0.2, 0.25) is 0 Å².